The lowest BCUT2D eigenvalue weighted by Crippen LogP contribution is -2.45. The van der Waals surface area contributed by atoms with E-state index in [1.54, 1.807) is 36.4 Å². The van der Waals surface area contributed by atoms with Crippen LogP contribution in [0.1, 0.15) is 48.5 Å². The van der Waals surface area contributed by atoms with Crippen LogP contribution in [-0.2, 0) is 5.54 Å². The third-order valence-electron chi connectivity index (χ3n) is 4.95. The summed E-state index contributed by atoms with van der Waals surface area (Å²) in [5, 5.41) is 8.63. The van der Waals surface area contributed by atoms with E-state index in [1.807, 2.05) is 6.92 Å². The number of urea groups is 1. The minimum absolute atomic E-state index is 0.144. The molecule has 0 aromatic heterocycles. The summed E-state index contributed by atoms with van der Waals surface area (Å²) < 4.78 is 13.3. The summed E-state index contributed by atoms with van der Waals surface area (Å²) in [6.45, 7) is 2.42. The molecule has 0 aliphatic heterocycles. The van der Waals surface area contributed by atoms with Crippen LogP contribution in [0.25, 0.3) is 0 Å². The zero-order valence-electron chi connectivity index (χ0n) is 15.3. The Morgan fingerprint density at radius 3 is 2.22 bits per heavy atom. The molecule has 1 aliphatic carbocycles. The van der Waals surface area contributed by atoms with Crippen LogP contribution in [-0.4, -0.2) is 18.5 Å². The van der Waals surface area contributed by atoms with Crippen LogP contribution in [0.15, 0.2) is 48.5 Å². The molecule has 0 bridgehead atoms. The zero-order chi connectivity index (χ0) is 19.3. The molecule has 1 saturated carbocycles. The molecule has 2 aromatic carbocycles. The molecule has 142 valence electrons. The quantitative estimate of drug-likeness (QED) is 0.740. The summed E-state index contributed by atoms with van der Waals surface area (Å²) in [7, 11) is 0. The molecule has 2 aromatic rings. The van der Waals surface area contributed by atoms with Crippen molar-refractivity contribution in [3.8, 4) is 0 Å². The molecule has 0 saturated heterocycles. The molecule has 5 nitrogen and oxygen atoms in total. The highest BCUT2D eigenvalue weighted by Gasteiger charge is 2.37. The van der Waals surface area contributed by atoms with Gasteiger partial charge in [-0.05, 0) is 61.7 Å². The van der Waals surface area contributed by atoms with Crippen molar-refractivity contribution >= 4 is 17.6 Å². The minimum atomic E-state index is -0.473. The number of amides is 3. The average molecular weight is 369 g/mol. The fourth-order valence-electron chi connectivity index (χ4n) is 3.58. The van der Waals surface area contributed by atoms with E-state index in [9.17, 15) is 14.0 Å². The summed E-state index contributed by atoms with van der Waals surface area (Å²) in [5.74, 6) is -0.432. The van der Waals surface area contributed by atoms with Crippen molar-refractivity contribution in [1.29, 1.82) is 0 Å². The topological polar surface area (TPSA) is 70.2 Å². The van der Waals surface area contributed by atoms with Crippen LogP contribution in [0.3, 0.4) is 0 Å². The third-order valence-corrected chi connectivity index (χ3v) is 4.95. The predicted molar refractivity (Wildman–Crippen MR) is 103 cm³/mol. The number of hydrogen-bond donors (Lipinski definition) is 3. The molecule has 1 fully saturated rings. The van der Waals surface area contributed by atoms with E-state index in [0.29, 0.717) is 17.8 Å². The Morgan fingerprint density at radius 2 is 1.63 bits per heavy atom. The molecule has 27 heavy (non-hydrogen) atoms. The van der Waals surface area contributed by atoms with Crippen molar-refractivity contribution in [1.82, 2.24) is 10.6 Å². The summed E-state index contributed by atoms with van der Waals surface area (Å²) in [6, 6.07) is 12.8. The Morgan fingerprint density at radius 1 is 1.00 bits per heavy atom. The van der Waals surface area contributed by atoms with Crippen LogP contribution in [0.4, 0.5) is 14.9 Å². The van der Waals surface area contributed by atoms with Crippen LogP contribution < -0.4 is 16.0 Å². The Hall–Kier alpha value is -2.89. The fourth-order valence-corrected chi connectivity index (χ4v) is 3.58. The molecule has 3 rings (SSSR count). The zero-order valence-corrected chi connectivity index (χ0v) is 15.3. The van der Waals surface area contributed by atoms with E-state index in [1.165, 1.54) is 12.1 Å². The van der Waals surface area contributed by atoms with Gasteiger partial charge < -0.3 is 16.0 Å². The van der Waals surface area contributed by atoms with Crippen molar-refractivity contribution < 1.29 is 14.0 Å². The second-order valence-electron chi connectivity index (χ2n) is 6.81. The van der Waals surface area contributed by atoms with Crippen LogP contribution >= 0.6 is 0 Å². The van der Waals surface area contributed by atoms with E-state index in [4.69, 9.17) is 0 Å². The maximum atomic E-state index is 13.3. The first-order valence-electron chi connectivity index (χ1n) is 9.26. The van der Waals surface area contributed by atoms with Gasteiger partial charge in [-0.25, -0.2) is 9.18 Å². The monoisotopic (exact) mass is 369 g/mol. The van der Waals surface area contributed by atoms with E-state index < -0.39 is 5.54 Å². The van der Waals surface area contributed by atoms with E-state index >= 15 is 0 Å². The molecule has 0 heterocycles. The number of nitrogens with one attached hydrogen (secondary N) is 3. The Balaban J connectivity index is 1.68. The van der Waals surface area contributed by atoms with Gasteiger partial charge >= 0.3 is 6.03 Å². The van der Waals surface area contributed by atoms with Crippen molar-refractivity contribution in [2.75, 3.05) is 11.9 Å². The smallest absolute Gasteiger partial charge is 0.319 e. The normalized spacial score (nSPS) is 15.2. The molecule has 1 aliphatic rings. The Kier molecular flexibility index (Phi) is 5.74. The predicted octanol–water partition coefficient (Wildman–Crippen LogP) is 4.17. The first kappa shape index (κ1) is 18.9. The second-order valence-corrected chi connectivity index (χ2v) is 6.81. The van der Waals surface area contributed by atoms with Gasteiger partial charge in [-0.15, -0.1) is 0 Å². The van der Waals surface area contributed by atoms with Gasteiger partial charge in [0.15, 0.2) is 0 Å². The number of rotatable bonds is 5. The van der Waals surface area contributed by atoms with E-state index in [-0.39, 0.29) is 17.8 Å². The molecule has 3 N–H and O–H groups in total. The largest absolute Gasteiger partial charge is 0.352 e. The maximum absolute atomic E-state index is 13.3. The average Bonchev–Trinajstić information content (AvgIpc) is 3.12. The SMILES string of the molecule is CCNC(=O)c1ccc(NC(=O)NC2(c3ccc(F)cc3)CCCC2)cc1. The van der Waals surface area contributed by atoms with Gasteiger partial charge in [-0.2, -0.15) is 0 Å². The highest BCUT2D eigenvalue weighted by molar-refractivity contribution is 5.95. The minimum Gasteiger partial charge on any atom is -0.352 e. The summed E-state index contributed by atoms with van der Waals surface area (Å²) >= 11 is 0. The molecule has 0 atom stereocenters. The standard InChI is InChI=1S/C21H24FN3O2/c1-2-23-19(26)15-5-11-18(12-6-15)24-20(27)25-21(13-3-4-14-21)16-7-9-17(22)10-8-16/h5-12H,2-4,13-14H2,1H3,(H,23,26)(H2,24,25,27). The van der Waals surface area contributed by atoms with Gasteiger partial charge in [0.2, 0.25) is 0 Å². The summed E-state index contributed by atoms with van der Waals surface area (Å²) in [5.41, 5.74) is 1.59. The number of benzene rings is 2. The highest BCUT2D eigenvalue weighted by atomic mass is 19.1. The molecule has 6 heteroatoms. The molecule has 3 amide bonds. The lowest BCUT2D eigenvalue weighted by molar-refractivity contribution is 0.0956. The van der Waals surface area contributed by atoms with Gasteiger partial charge in [0.05, 0.1) is 5.54 Å². The van der Waals surface area contributed by atoms with Crippen LogP contribution in [0.2, 0.25) is 0 Å². The van der Waals surface area contributed by atoms with E-state index in [2.05, 4.69) is 16.0 Å². The number of carbonyl (C=O) groups is 2. The van der Waals surface area contributed by atoms with Crippen molar-refractivity contribution in [3.63, 3.8) is 0 Å². The lowest BCUT2D eigenvalue weighted by Gasteiger charge is -2.31. The molecular weight excluding hydrogens is 345 g/mol. The molecule has 0 radical (unpaired) electrons. The van der Waals surface area contributed by atoms with Gasteiger partial charge in [0, 0.05) is 17.8 Å². The van der Waals surface area contributed by atoms with E-state index in [0.717, 1.165) is 31.2 Å². The molecule has 0 unspecified atom stereocenters. The first-order chi connectivity index (χ1) is 13.0. The number of halogens is 1. The lowest BCUT2D eigenvalue weighted by atomic mass is 9.88. The van der Waals surface area contributed by atoms with Gasteiger partial charge in [0.1, 0.15) is 5.82 Å². The fraction of sp³-hybridized carbons (Fsp3) is 0.333. The van der Waals surface area contributed by atoms with Gasteiger partial charge in [0.25, 0.3) is 5.91 Å². The summed E-state index contributed by atoms with van der Waals surface area (Å²) in [6.07, 6.45) is 3.67. The van der Waals surface area contributed by atoms with Crippen molar-refractivity contribution in [2.45, 2.75) is 38.1 Å². The van der Waals surface area contributed by atoms with Crippen LogP contribution in [0, 0.1) is 5.82 Å². The van der Waals surface area contributed by atoms with Crippen molar-refractivity contribution in [2.24, 2.45) is 0 Å². The van der Waals surface area contributed by atoms with Crippen LogP contribution in [0.5, 0.6) is 0 Å². The van der Waals surface area contributed by atoms with Gasteiger partial charge in [-0.1, -0.05) is 25.0 Å². The Labute approximate surface area is 158 Å². The number of hydrogen-bond acceptors (Lipinski definition) is 2. The second kappa shape index (κ2) is 8.20. The maximum Gasteiger partial charge on any atom is 0.319 e. The summed E-state index contributed by atoms with van der Waals surface area (Å²) in [4.78, 5) is 24.4. The number of carbonyl (C=O) groups excluding carboxylic acids is 2. The molecular formula is C21H24FN3O2. The number of anilines is 1. The highest BCUT2D eigenvalue weighted by Crippen LogP contribution is 2.38. The molecule has 0 spiro atoms. The Bertz CT molecular complexity index is 797. The van der Waals surface area contributed by atoms with Crippen molar-refractivity contribution in [3.05, 3.63) is 65.5 Å². The van der Waals surface area contributed by atoms with Gasteiger partial charge in [-0.3, -0.25) is 4.79 Å². The third kappa shape index (κ3) is 4.45. The first-order valence-corrected chi connectivity index (χ1v) is 9.26.